The second-order valence-electron chi connectivity index (χ2n) is 4.52. The maximum Gasteiger partial charge on any atom is 0.0598 e. The highest BCUT2D eigenvalue weighted by Gasteiger charge is 2.29. The molecule has 2 rings (SSSR count). The van der Waals surface area contributed by atoms with Gasteiger partial charge in [0.15, 0.2) is 0 Å². The number of hydrogen-bond donors (Lipinski definition) is 1. The molecular formula is C11H21N3. The highest BCUT2D eigenvalue weighted by molar-refractivity contribution is 5.14. The molecule has 1 aliphatic heterocycles. The Morgan fingerprint density at radius 3 is 2.36 bits per heavy atom. The lowest BCUT2D eigenvalue weighted by Crippen LogP contribution is -2.43. The number of hydrogen-bond acceptors (Lipinski definition) is 3. The molecule has 1 heterocycles. The zero-order chi connectivity index (χ0) is 10.1. The SMILES string of the molecule is CC1=C(N)CN(C2CCCCC2)N1C. The molecule has 2 N–H and O–H groups in total. The summed E-state index contributed by atoms with van der Waals surface area (Å²) < 4.78 is 0. The van der Waals surface area contributed by atoms with E-state index in [1.54, 1.807) is 0 Å². The molecule has 3 nitrogen and oxygen atoms in total. The Hall–Kier alpha value is -0.700. The molecule has 80 valence electrons. The van der Waals surface area contributed by atoms with E-state index in [4.69, 9.17) is 5.73 Å². The first kappa shape index (κ1) is 9.84. The molecule has 0 unspecified atom stereocenters. The van der Waals surface area contributed by atoms with Crippen LogP contribution >= 0.6 is 0 Å². The van der Waals surface area contributed by atoms with Crippen LogP contribution in [0.4, 0.5) is 0 Å². The van der Waals surface area contributed by atoms with Crippen molar-refractivity contribution in [2.45, 2.75) is 45.1 Å². The predicted octanol–water partition coefficient (Wildman–Crippen LogP) is 1.67. The molecule has 2 aliphatic rings. The molecule has 0 saturated heterocycles. The average molecular weight is 195 g/mol. The van der Waals surface area contributed by atoms with Crippen molar-refractivity contribution < 1.29 is 0 Å². The van der Waals surface area contributed by atoms with Gasteiger partial charge in [-0.05, 0) is 19.8 Å². The van der Waals surface area contributed by atoms with Gasteiger partial charge in [0.2, 0.25) is 0 Å². The van der Waals surface area contributed by atoms with Gasteiger partial charge in [0.25, 0.3) is 0 Å². The van der Waals surface area contributed by atoms with Gasteiger partial charge in [-0.3, -0.25) is 0 Å². The monoisotopic (exact) mass is 195 g/mol. The minimum Gasteiger partial charge on any atom is -0.399 e. The molecule has 0 aromatic carbocycles. The van der Waals surface area contributed by atoms with E-state index in [0.29, 0.717) is 0 Å². The lowest BCUT2D eigenvalue weighted by atomic mass is 9.95. The summed E-state index contributed by atoms with van der Waals surface area (Å²) >= 11 is 0. The van der Waals surface area contributed by atoms with Gasteiger partial charge in [-0.1, -0.05) is 19.3 Å². The van der Waals surface area contributed by atoms with Crippen LogP contribution in [0.15, 0.2) is 11.4 Å². The Morgan fingerprint density at radius 2 is 1.86 bits per heavy atom. The van der Waals surface area contributed by atoms with Crippen LogP contribution in [0.2, 0.25) is 0 Å². The highest BCUT2D eigenvalue weighted by atomic mass is 15.6. The van der Waals surface area contributed by atoms with Crippen LogP contribution in [-0.2, 0) is 0 Å². The van der Waals surface area contributed by atoms with Crippen molar-refractivity contribution in [1.82, 2.24) is 10.0 Å². The van der Waals surface area contributed by atoms with E-state index in [0.717, 1.165) is 18.3 Å². The van der Waals surface area contributed by atoms with Crippen molar-refractivity contribution in [1.29, 1.82) is 0 Å². The normalized spacial score (nSPS) is 26.3. The van der Waals surface area contributed by atoms with Crippen molar-refractivity contribution >= 4 is 0 Å². The lowest BCUT2D eigenvalue weighted by molar-refractivity contribution is 0.00333. The van der Waals surface area contributed by atoms with Gasteiger partial charge in [0.05, 0.1) is 6.54 Å². The second kappa shape index (κ2) is 3.81. The van der Waals surface area contributed by atoms with Gasteiger partial charge in [0, 0.05) is 24.5 Å². The lowest BCUT2D eigenvalue weighted by Gasteiger charge is -2.36. The highest BCUT2D eigenvalue weighted by Crippen LogP contribution is 2.28. The third-order valence-corrected chi connectivity index (χ3v) is 3.66. The van der Waals surface area contributed by atoms with E-state index < -0.39 is 0 Å². The molecule has 0 spiro atoms. The molecule has 1 saturated carbocycles. The van der Waals surface area contributed by atoms with Crippen LogP contribution in [-0.4, -0.2) is 29.7 Å². The summed E-state index contributed by atoms with van der Waals surface area (Å²) in [5.41, 5.74) is 8.23. The molecule has 0 aromatic rings. The van der Waals surface area contributed by atoms with E-state index in [1.807, 2.05) is 0 Å². The zero-order valence-corrected chi connectivity index (χ0v) is 9.29. The van der Waals surface area contributed by atoms with Crippen molar-refractivity contribution in [3.05, 3.63) is 11.4 Å². The standard InChI is InChI=1S/C11H21N3/c1-9-11(12)8-14(13(9)2)10-6-4-3-5-7-10/h10H,3-8,12H2,1-2H3. The van der Waals surface area contributed by atoms with Crippen LogP contribution < -0.4 is 5.73 Å². The molecule has 3 heteroatoms. The van der Waals surface area contributed by atoms with Crippen molar-refractivity contribution in [3.63, 3.8) is 0 Å². The van der Waals surface area contributed by atoms with E-state index in [1.165, 1.54) is 37.8 Å². The molecule has 0 atom stereocenters. The summed E-state index contributed by atoms with van der Waals surface area (Å²) in [6.45, 7) is 3.05. The fourth-order valence-electron chi connectivity index (χ4n) is 2.55. The summed E-state index contributed by atoms with van der Waals surface area (Å²) in [5.74, 6) is 0. The van der Waals surface area contributed by atoms with E-state index >= 15 is 0 Å². The summed E-state index contributed by atoms with van der Waals surface area (Å²) in [6.07, 6.45) is 6.85. The summed E-state index contributed by atoms with van der Waals surface area (Å²) in [5, 5.41) is 4.68. The molecule has 0 bridgehead atoms. The van der Waals surface area contributed by atoms with E-state index in [2.05, 4.69) is 24.0 Å². The Kier molecular flexibility index (Phi) is 2.68. The number of rotatable bonds is 1. The van der Waals surface area contributed by atoms with Crippen LogP contribution in [0, 0.1) is 0 Å². The van der Waals surface area contributed by atoms with Crippen molar-refractivity contribution in [3.8, 4) is 0 Å². The average Bonchev–Trinajstić information content (AvgIpc) is 2.47. The first-order valence-corrected chi connectivity index (χ1v) is 5.65. The number of hydrazine groups is 1. The van der Waals surface area contributed by atoms with Gasteiger partial charge < -0.3 is 10.7 Å². The Bertz CT molecular complexity index is 241. The Morgan fingerprint density at radius 1 is 1.21 bits per heavy atom. The van der Waals surface area contributed by atoms with Crippen LogP contribution in [0.1, 0.15) is 39.0 Å². The van der Waals surface area contributed by atoms with Gasteiger partial charge >= 0.3 is 0 Å². The zero-order valence-electron chi connectivity index (χ0n) is 9.29. The predicted molar refractivity (Wildman–Crippen MR) is 58.2 cm³/mol. The van der Waals surface area contributed by atoms with Crippen molar-refractivity contribution in [2.75, 3.05) is 13.6 Å². The van der Waals surface area contributed by atoms with E-state index in [9.17, 15) is 0 Å². The third kappa shape index (κ3) is 1.61. The number of nitrogens with zero attached hydrogens (tertiary/aromatic N) is 2. The second-order valence-corrected chi connectivity index (χ2v) is 4.52. The van der Waals surface area contributed by atoms with Gasteiger partial charge in [0.1, 0.15) is 0 Å². The third-order valence-electron chi connectivity index (χ3n) is 3.66. The van der Waals surface area contributed by atoms with Crippen LogP contribution in [0.3, 0.4) is 0 Å². The van der Waals surface area contributed by atoms with Crippen LogP contribution in [0.25, 0.3) is 0 Å². The minimum atomic E-state index is 0.727. The number of nitrogens with two attached hydrogens (primary N) is 1. The summed E-state index contributed by atoms with van der Waals surface area (Å²) in [7, 11) is 2.13. The molecular weight excluding hydrogens is 174 g/mol. The van der Waals surface area contributed by atoms with Gasteiger partial charge in [-0.25, -0.2) is 5.01 Å². The Balaban J connectivity index is 2.00. The summed E-state index contributed by atoms with van der Waals surface area (Å²) in [6, 6.07) is 0.727. The maximum absolute atomic E-state index is 5.96. The molecule has 0 radical (unpaired) electrons. The molecule has 0 amide bonds. The Labute approximate surface area is 86.5 Å². The summed E-state index contributed by atoms with van der Waals surface area (Å²) in [4.78, 5) is 0. The van der Waals surface area contributed by atoms with Gasteiger partial charge in [-0.2, -0.15) is 0 Å². The molecule has 1 aliphatic carbocycles. The van der Waals surface area contributed by atoms with E-state index in [-0.39, 0.29) is 0 Å². The smallest absolute Gasteiger partial charge is 0.0598 e. The van der Waals surface area contributed by atoms with Crippen molar-refractivity contribution in [2.24, 2.45) is 5.73 Å². The molecule has 14 heavy (non-hydrogen) atoms. The first-order valence-electron chi connectivity index (χ1n) is 5.65. The maximum atomic E-state index is 5.96. The minimum absolute atomic E-state index is 0.727. The fourth-order valence-corrected chi connectivity index (χ4v) is 2.55. The quantitative estimate of drug-likeness (QED) is 0.691. The number of allylic oxidation sites excluding steroid dienone is 1. The van der Waals surface area contributed by atoms with Crippen LogP contribution in [0.5, 0.6) is 0 Å². The topological polar surface area (TPSA) is 32.5 Å². The molecule has 0 aromatic heterocycles. The molecule has 1 fully saturated rings. The first-order chi connectivity index (χ1) is 6.70. The largest absolute Gasteiger partial charge is 0.399 e. The fraction of sp³-hybridized carbons (Fsp3) is 0.818. The van der Waals surface area contributed by atoms with Gasteiger partial charge in [-0.15, -0.1) is 0 Å².